The maximum atomic E-state index is 6.40. The van der Waals surface area contributed by atoms with Gasteiger partial charge in [-0.1, -0.05) is 40.5 Å². The number of nitrogens with two attached hydrogens (primary N) is 1. The van der Waals surface area contributed by atoms with E-state index in [9.17, 15) is 0 Å². The van der Waals surface area contributed by atoms with Gasteiger partial charge in [-0.25, -0.2) is 0 Å². The van der Waals surface area contributed by atoms with E-state index in [0.29, 0.717) is 17.9 Å². The summed E-state index contributed by atoms with van der Waals surface area (Å²) in [5, 5.41) is 0. The second kappa shape index (κ2) is 9.12. The van der Waals surface area contributed by atoms with Gasteiger partial charge in [-0.3, -0.25) is 4.90 Å². The third-order valence-corrected chi connectivity index (χ3v) is 5.71. The van der Waals surface area contributed by atoms with Crippen molar-refractivity contribution in [2.75, 3.05) is 26.8 Å². The standard InChI is InChI=1S/C18H38N2O/c1-6-16(7-2)20(12-13-21-5)18(14-19)11-9-8-10-17(18)15(3)4/h15-17H,6-14,19H2,1-5H3. The number of methoxy groups -OCH3 is 1. The van der Waals surface area contributed by atoms with Crippen LogP contribution in [0.4, 0.5) is 0 Å². The van der Waals surface area contributed by atoms with Crippen LogP contribution in [0, 0.1) is 11.8 Å². The van der Waals surface area contributed by atoms with Crippen LogP contribution in [0.5, 0.6) is 0 Å². The lowest BCUT2D eigenvalue weighted by Crippen LogP contribution is -2.64. The molecule has 0 aromatic heterocycles. The van der Waals surface area contributed by atoms with Crippen molar-refractivity contribution in [3.05, 3.63) is 0 Å². The van der Waals surface area contributed by atoms with Crippen molar-refractivity contribution in [2.45, 2.75) is 77.8 Å². The summed E-state index contributed by atoms with van der Waals surface area (Å²) in [7, 11) is 1.81. The minimum Gasteiger partial charge on any atom is -0.383 e. The Labute approximate surface area is 132 Å². The van der Waals surface area contributed by atoms with Crippen molar-refractivity contribution < 1.29 is 4.74 Å². The van der Waals surface area contributed by atoms with E-state index in [-0.39, 0.29) is 5.54 Å². The molecule has 1 fully saturated rings. The molecular weight excluding hydrogens is 260 g/mol. The van der Waals surface area contributed by atoms with Gasteiger partial charge in [0.2, 0.25) is 0 Å². The zero-order chi connectivity index (χ0) is 15.9. The first-order valence-electron chi connectivity index (χ1n) is 9.03. The minimum atomic E-state index is 0.182. The molecule has 2 N–H and O–H groups in total. The summed E-state index contributed by atoms with van der Waals surface area (Å²) in [6, 6.07) is 0.628. The lowest BCUT2D eigenvalue weighted by atomic mass is 9.66. The summed E-state index contributed by atoms with van der Waals surface area (Å²) in [5.41, 5.74) is 6.59. The Balaban J connectivity index is 3.11. The molecule has 1 aliphatic rings. The molecule has 3 heteroatoms. The van der Waals surface area contributed by atoms with Gasteiger partial charge in [0.15, 0.2) is 0 Å². The largest absolute Gasteiger partial charge is 0.383 e. The van der Waals surface area contributed by atoms with Gasteiger partial charge in [-0.05, 0) is 37.5 Å². The highest BCUT2D eigenvalue weighted by molar-refractivity contribution is 5.02. The molecule has 0 spiro atoms. The van der Waals surface area contributed by atoms with E-state index in [1.807, 2.05) is 0 Å². The van der Waals surface area contributed by atoms with E-state index < -0.39 is 0 Å². The molecule has 21 heavy (non-hydrogen) atoms. The Kier molecular flexibility index (Phi) is 8.22. The topological polar surface area (TPSA) is 38.5 Å². The van der Waals surface area contributed by atoms with Gasteiger partial charge < -0.3 is 10.5 Å². The van der Waals surface area contributed by atoms with Gasteiger partial charge in [0.25, 0.3) is 0 Å². The van der Waals surface area contributed by atoms with Crippen LogP contribution >= 0.6 is 0 Å². The quantitative estimate of drug-likeness (QED) is 0.706. The average Bonchev–Trinajstić information content (AvgIpc) is 2.51. The molecule has 0 aromatic rings. The normalized spacial score (nSPS) is 27.0. The van der Waals surface area contributed by atoms with Gasteiger partial charge in [0.1, 0.15) is 0 Å². The highest BCUT2D eigenvalue weighted by Crippen LogP contribution is 2.43. The smallest absolute Gasteiger partial charge is 0.0590 e. The summed E-state index contributed by atoms with van der Waals surface area (Å²) in [6.45, 7) is 12.0. The predicted molar refractivity (Wildman–Crippen MR) is 91.5 cm³/mol. The monoisotopic (exact) mass is 298 g/mol. The van der Waals surface area contributed by atoms with Crippen molar-refractivity contribution >= 4 is 0 Å². The molecule has 0 amide bonds. The summed E-state index contributed by atoms with van der Waals surface area (Å²) in [6.07, 6.45) is 7.68. The van der Waals surface area contributed by atoms with Crippen LogP contribution in [0.3, 0.4) is 0 Å². The number of hydrogen-bond acceptors (Lipinski definition) is 3. The van der Waals surface area contributed by atoms with E-state index in [1.165, 1.54) is 38.5 Å². The molecule has 0 bridgehead atoms. The van der Waals surface area contributed by atoms with E-state index in [2.05, 4.69) is 32.6 Å². The summed E-state index contributed by atoms with van der Waals surface area (Å²) in [4.78, 5) is 2.74. The van der Waals surface area contributed by atoms with Crippen LogP contribution < -0.4 is 5.73 Å². The van der Waals surface area contributed by atoms with Crippen LogP contribution in [-0.2, 0) is 4.74 Å². The van der Waals surface area contributed by atoms with E-state index >= 15 is 0 Å². The van der Waals surface area contributed by atoms with Crippen molar-refractivity contribution in [2.24, 2.45) is 17.6 Å². The highest BCUT2D eigenvalue weighted by Gasteiger charge is 2.46. The number of nitrogens with zero attached hydrogens (tertiary/aromatic N) is 1. The van der Waals surface area contributed by atoms with E-state index in [0.717, 1.165) is 19.7 Å². The molecule has 1 saturated carbocycles. The summed E-state index contributed by atoms with van der Waals surface area (Å²) in [5.74, 6) is 1.42. The second-order valence-corrected chi connectivity index (χ2v) is 7.06. The van der Waals surface area contributed by atoms with Gasteiger partial charge in [-0.15, -0.1) is 0 Å². The third kappa shape index (κ3) is 4.20. The fraction of sp³-hybridized carbons (Fsp3) is 1.00. The maximum Gasteiger partial charge on any atom is 0.0590 e. The van der Waals surface area contributed by atoms with Gasteiger partial charge in [0, 0.05) is 31.8 Å². The third-order valence-electron chi connectivity index (χ3n) is 5.71. The first-order valence-corrected chi connectivity index (χ1v) is 9.03. The molecule has 1 aliphatic carbocycles. The van der Waals surface area contributed by atoms with Crippen molar-refractivity contribution in [3.8, 4) is 0 Å². The van der Waals surface area contributed by atoms with Crippen LogP contribution in [0.15, 0.2) is 0 Å². The minimum absolute atomic E-state index is 0.182. The highest BCUT2D eigenvalue weighted by atomic mass is 16.5. The van der Waals surface area contributed by atoms with Crippen LogP contribution in [0.25, 0.3) is 0 Å². The Morgan fingerprint density at radius 1 is 1.24 bits per heavy atom. The molecule has 1 rings (SSSR count). The molecule has 0 saturated heterocycles. The molecule has 0 aliphatic heterocycles. The first-order chi connectivity index (χ1) is 10.1. The Hall–Kier alpha value is -0.120. The average molecular weight is 299 g/mol. The predicted octanol–water partition coefficient (Wildman–Crippen LogP) is 3.67. The zero-order valence-electron chi connectivity index (χ0n) is 15.0. The number of rotatable bonds is 9. The zero-order valence-corrected chi connectivity index (χ0v) is 15.0. The maximum absolute atomic E-state index is 6.40. The lowest BCUT2D eigenvalue weighted by Gasteiger charge is -2.55. The first kappa shape index (κ1) is 18.9. The van der Waals surface area contributed by atoms with E-state index in [4.69, 9.17) is 10.5 Å². The lowest BCUT2D eigenvalue weighted by molar-refractivity contribution is -0.0531. The van der Waals surface area contributed by atoms with Crippen molar-refractivity contribution in [1.29, 1.82) is 0 Å². The van der Waals surface area contributed by atoms with Gasteiger partial charge in [0.05, 0.1) is 6.61 Å². The molecule has 2 unspecified atom stereocenters. The fourth-order valence-corrected chi connectivity index (χ4v) is 4.62. The second-order valence-electron chi connectivity index (χ2n) is 7.06. The summed E-state index contributed by atoms with van der Waals surface area (Å²) >= 11 is 0. The number of hydrogen-bond donors (Lipinski definition) is 1. The molecule has 0 radical (unpaired) electrons. The van der Waals surface area contributed by atoms with Crippen molar-refractivity contribution in [3.63, 3.8) is 0 Å². The Morgan fingerprint density at radius 3 is 2.38 bits per heavy atom. The Bertz CT molecular complexity index is 278. The molecule has 3 nitrogen and oxygen atoms in total. The van der Waals surface area contributed by atoms with E-state index in [1.54, 1.807) is 7.11 Å². The molecular formula is C18H38N2O. The van der Waals surface area contributed by atoms with Crippen LogP contribution in [0.1, 0.15) is 66.2 Å². The Morgan fingerprint density at radius 2 is 1.90 bits per heavy atom. The van der Waals surface area contributed by atoms with Gasteiger partial charge >= 0.3 is 0 Å². The SMILES string of the molecule is CCC(CC)N(CCOC)C1(CN)CCCCC1C(C)C. The van der Waals surface area contributed by atoms with Crippen LogP contribution in [-0.4, -0.2) is 43.3 Å². The number of ether oxygens (including phenoxy) is 1. The molecule has 0 heterocycles. The van der Waals surface area contributed by atoms with Gasteiger partial charge in [-0.2, -0.15) is 0 Å². The molecule has 2 atom stereocenters. The fourth-order valence-electron chi connectivity index (χ4n) is 4.62. The molecule has 126 valence electrons. The van der Waals surface area contributed by atoms with Crippen molar-refractivity contribution in [1.82, 2.24) is 4.90 Å². The summed E-state index contributed by atoms with van der Waals surface area (Å²) < 4.78 is 5.41. The van der Waals surface area contributed by atoms with Crippen LogP contribution in [0.2, 0.25) is 0 Å². The molecule has 0 aromatic carbocycles.